The van der Waals surface area contributed by atoms with E-state index in [2.05, 4.69) is 11.3 Å². The zero-order valence-corrected chi connectivity index (χ0v) is 5.87. The van der Waals surface area contributed by atoms with Crippen LogP contribution in [0.25, 0.3) is 0 Å². The summed E-state index contributed by atoms with van der Waals surface area (Å²) in [6.45, 7) is 4.03. The van der Waals surface area contributed by atoms with E-state index in [1.807, 2.05) is 6.26 Å². The van der Waals surface area contributed by atoms with Crippen LogP contribution in [0.1, 0.15) is 0 Å². The molecule has 0 aromatic carbocycles. The minimum Gasteiger partial charge on any atom is -0.814 e. The fraction of sp³-hybridized carbons (Fsp3) is 0. The summed E-state index contributed by atoms with van der Waals surface area (Å²) >= 11 is 0. The van der Waals surface area contributed by atoms with Gasteiger partial charge in [0.15, 0.2) is 0 Å². The topological polar surface area (TPSA) is 26.3 Å². The van der Waals surface area contributed by atoms with Crippen LogP contribution >= 0.6 is 0 Å². The molecule has 0 aliphatic rings. The van der Waals surface area contributed by atoms with Gasteiger partial charge in [0.05, 0.1) is 0 Å². The number of ether oxygens (including phenoxy) is 1. The molecule has 0 spiro atoms. The Labute approximate surface area is 50.4 Å². The first-order valence-electron chi connectivity index (χ1n) is 0.966. The van der Waals surface area contributed by atoms with Gasteiger partial charge in [-0.2, -0.15) is 0 Å². The molecule has 0 aromatic heterocycles. The Hall–Kier alpha value is -0.102. The van der Waals surface area contributed by atoms with E-state index < -0.39 is 0 Å². The van der Waals surface area contributed by atoms with Crippen molar-refractivity contribution in [2.45, 2.75) is 0 Å². The number of carbonyl (C=O) groups excluding carboxylic acids is 1. The zero-order chi connectivity index (χ0) is 4.12. The average molecular weight is 254 g/mol. The molecule has 0 fully saturated rings. The zero-order valence-electron chi connectivity index (χ0n) is 2.93. The molecular formula is C3H2O2W. The van der Waals surface area contributed by atoms with Crippen molar-refractivity contribution < 1.29 is 30.6 Å². The van der Waals surface area contributed by atoms with E-state index in [0.717, 1.165) is 6.47 Å². The minimum atomic E-state index is 0. The maximum atomic E-state index is 8.96. The quantitative estimate of drug-likeness (QED) is 0.512. The third kappa shape index (κ3) is 9.09. The van der Waals surface area contributed by atoms with Gasteiger partial charge in [-0.25, -0.2) is 0 Å². The van der Waals surface area contributed by atoms with Gasteiger partial charge in [0.1, 0.15) is 0 Å². The van der Waals surface area contributed by atoms with Crippen LogP contribution in [-0.4, -0.2) is 6.47 Å². The van der Waals surface area contributed by atoms with Crippen LogP contribution in [0, 0.1) is 6.26 Å². The second-order valence-electron chi connectivity index (χ2n) is 0.330. The molecule has 0 amide bonds. The van der Waals surface area contributed by atoms with Gasteiger partial charge in [-0.15, -0.1) is 6.47 Å². The summed E-state index contributed by atoms with van der Waals surface area (Å²) in [7, 11) is 0. The molecule has 0 saturated carbocycles. The molecule has 0 unspecified atom stereocenters. The van der Waals surface area contributed by atoms with Crippen LogP contribution in [0.4, 0.5) is 0 Å². The molecule has 0 aliphatic carbocycles. The summed E-state index contributed by atoms with van der Waals surface area (Å²) in [6.07, 6.45) is 1.84. The van der Waals surface area contributed by atoms with E-state index in [9.17, 15) is 0 Å². The molecule has 0 N–H and O–H groups in total. The van der Waals surface area contributed by atoms with E-state index in [0.29, 0.717) is 0 Å². The fourth-order valence-corrected chi connectivity index (χ4v) is 0.0295. The Balaban J connectivity index is 0. The van der Waals surface area contributed by atoms with Crippen LogP contribution in [0.15, 0.2) is 6.58 Å². The molecule has 2 nitrogen and oxygen atoms in total. The maximum absolute atomic E-state index is 8.96. The Bertz CT molecular complexity index is 38.1. The summed E-state index contributed by atoms with van der Waals surface area (Å²) in [4.78, 5) is 8.96. The summed E-state index contributed by atoms with van der Waals surface area (Å²) in [5, 5.41) is 0. The fourth-order valence-electron chi connectivity index (χ4n) is 0.0295. The van der Waals surface area contributed by atoms with Gasteiger partial charge in [-0.3, -0.25) is 6.58 Å². The van der Waals surface area contributed by atoms with Gasteiger partial charge in [0, 0.05) is 0 Å². The van der Waals surface area contributed by atoms with Crippen molar-refractivity contribution in [2.24, 2.45) is 0 Å². The second-order valence-corrected chi connectivity index (χ2v) is 0.330. The molecular weight excluding hydrogens is 252 g/mol. The van der Waals surface area contributed by atoms with Crippen molar-refractivity contribution in [2.75, 3.05) is 0 Å². The van der Waals surface area contributed by atoms with Crippen molar-refractivity contribution in [3.05, 3.63) is 12.8 Å². The first-order chi connectivity index (χ1) is 2.41. The number of hydrogen-bond donors (Lipinski definition) is 0. The normalized spacial score (nSPS) is 4.67. The third-order valence-electron chi connectivity index (χ3n) is 0.114. The Morgan fingerprint density at radius 1 is 1.67 bits per heavy atom. The predicted molar refractivity (Wildman–Crippen MR) is 15.6 cm³/mol. The Morgan fingerprint density at radius 2 is 2.17 bits per heavy atom. The predicted octanol–water partition coefficient (Wildman–Crippen LogP) is 0.0144. The van der Waals surface area contributed by atoms with Crippen molar-refractivity contribution in [1.82, 2.24) is 0 Å². The smallest absolute Gasteiger partial charge is 0.814 e. The molecule has 32 valence electrons. The van der Waals surface area contributed by atoms with Gasteiger partial charge >= 0.3 is 21.1 Å². The molecule has 0 bridgehead atoms. The molecule has 0 atom stereocenters. The van der Waals surface area contributed by atoms with Gasteiger partial charge in [-0.05, 0) is 0 Å². The summed E-state index contributed by atoms with van der Waals surface area (Å²) in [6, 6.07) is 0. The Kier molecular flexibility index (Phi) is 13.8. The first kappa shape index (κ1) is 9.31. The molecule has 6 heavy (non-hydrogen) atoms. The summed E-state index contributed by atoms with van der Waals surface area (Å²) < 4.78 is 3.67. The summed E-state index contributed by atoms with van der Waals surface area (Å²) in [5.74, 6) is 0. The molecule has 0 aromatic rings. The van der Waals surface area contributed by atoms with Gasteiger partial charge < -0.3 is 15.8 Å². The standard InChI is InChI=1S/C3H2O2.W/c1-2-5-3-4;/h1H2;/q-2;+2. The first-order valence-corrected chi connectivity index (χ1v) is 0.966. The van der Waals surface area contributed by atoms with Crippen molar-refractivity contribution in [1.29, 1.82) is 0 Å². The average Bonchev–Trinajstić information content (AvgIpc) is 1.41. The molecule has 0 rings (SSSR count). The van der Waals surface area contributed by atoms with Crippen LogP contribution in [0.3, 0.4) is 0 Å². The number of hydrogen-bond acceptors (Lipinski definition) is 2. The van der Waals surface area contributed by atoms with E-state index in [1.54, 1.807) is 0 Å². The van der Waals surface area contributed by atoms with E-state index >= 15 is 0 Å². The number of rotatable bonds is 2. The van der Waals surface area contributed by atoms with Crippen molar-refractivity contribution in [3.8, 4) is 0 Å². The van der Waals surface area contributed by atoms with Gasteiger partial charge in [0.2, 0.25) is 0 Å². The maximum Gasteiger partial charge on any atom is 2.00 e. The van der Waals surface area contributed by atoms with Gasteiger partial charge in [0.25, 0.3) is 0 Å². The molecule has 0 radical (unpaired) electrons. The molecule has 0 saturated heterocycles. The van der Waals surface area contributed by atoms with Crippen LogP contribution < -0.4 is 0 Å². The van der Waals surface area contributed by atoms with E-state index in [1.165, 1.54) is 0 Å². The van der Waals surface area contributed by atoms with Crippen LogP contribution in [0.5, 0.6) is 0 Å². The van der Waals surface area contributed by atoms with Crippen LogP contribution in [-0.2, 0) is 30.6 Å². The summed E-state index contributed by atoms with van der Waals surface area (Å²) in [5.41, 5.74) is 0. The minimum absolute atomic E-state index is 0. The molecule has 3 heteroatoms. The SMILES string of the molecule is C=[C-]O[C-]=O.[W+2]. The second kappa shape index (κ2) is 8.86. The monoisotopic (exact) mass is 254 g/mol. The van der Waals surface area contributed by atoms with E-state index in [4.69, 9.17) is 4.79 Å². The third-order valence-corrected chi connectivity index (χ3v) is 0.114. The Morgan fingerprint density at radius 3 is 2.17 bits per heavy atom. The molecule has 0 heterocycles. The van der Waals surface area contributed by atoms with Crippen LogP contribution in [0.2, 0.25) is 0 Å². The molecule has 0 aliphatic heterocycles. The van der Waals surface area contributed by atoms with Crippen molar-refractivity contribution in [3.63, 3.8) is 0 Å². The van der Waals surface area contributed by atoms with Crippen molar-refractivity contribution >= 4 is 6.47 Å². The van der Waals surface area contributed by atoms with E-state index in [-0.39, 0.29) is 21.1 Å². The van der Waals surface area contributed by atoms with Gasteiger partial charge in [-0.1, -0.05) is 0 Å². The largest absolute Gasteiger partial charge is 2.00 e.